The Kier molecular flexibility index (Phi) is 7.66. The van der Waals surface area contributed by atoms with Gasteiger partial charge in [0, 0.05) is 17.8 Å². The standard InChI is InChI=1S/C24H24N4O6S/c1-14(3-4-15-5-10-18-19(11-15)34-13-33-18)27-28-24-26-22(30)20(35-24)12-21(29)25-17-8-6-16(7-9-17)23(31)32-2/h5-11,20H,3-4,12-13H2,1-2H3,(H,25,29)(H,26,28,30)/b27-14+. The summed E-state index contributed by atoms with van der Waals surface area (Å²) in [5.41, 5.74) is 2.80. The molecule has 0 aromatic heterocycles. The molecule has 1 unspecified atom stereocenters. The molecule has 0 saturated carbocycles. The number of hydrogen-bond acceptors (Lipinski definition) is 9. The lowest BCUT2D eigenvalue weighted by atomic mass is 10.1. The van der Waals surface area contributed by atoms with Crippen LogP contribution in [0.4, 0.5) is 5.69 Å². The molecule has 1 atom stereocenters. The lowest BCUT2D eigenvalue weighted by molar-refractivity contribution is -0.122. The van der Waals surface area contributed by atoms with E-state index in [1.165, 1.54) is 18.9 Å². The fourth-order valence-corrected chi connectivity index (χ4v) is 4.29. The molecule has 2 aliphatic rings. The van der Waals surface area contributed by atoms with E-state index in [2.05, 4.69) is 25.6 Å². The molecule has 2 aromatic rings. The predicted molar refractivity (Wildman–Crippen MR) is 132 cm³/mol. The summed E-state index contributed by atoms with van der Waals surface area (Å²) in [6.07, 6.45) is 1.43. The highest BCUT2D eigenvalue weighted by Crippen LogP contribution is 2.32. The Morgan fingerprint density at radius 3 is 2.71 bits per heavy atom. The van der Waals surface area contributed by atoms with Crippen molar-refractivity contribution in [3.05, 3.63) is 53.6 Å². The Morgan fingerprint density at radius 2 is 1.94 bits per heavy atom. The van der Waals surface area contributed by atoms with Gasteiger partial charge in [-0.2, -0.15) is 5.10 Å². The molecule has 2 aliphatic heterocycles. The largest absolute Gasteiger partial charge is 0.465 e. The second-order valence-corrected chi connectivity index (χ2v) is 9.04. The molecule has 0 bridgehead atoms. The molecule has 35 heavy (non-hydrogen) atoms. The van der Waals surface area contributed by atoms with Crippen LogP contribution in [-0.4, -0.2) is 47.8 Å². The maximum absolute atomic E-state index is 12.4. The van der Waals surface area contributed by atoms with Gasteiger partial charge in [-0.3, -0.25) is 9.59 Å². The number of thioether (sulfide) groups is 1. The molecule has 2 aromatic carbocycles. The number of ether oxygens (including phenoxy) is 3. The molecule has 2 amide bonds. The number of methoxy groups -OCH3 is 1. The van der Waals surface area contributed by atoms with Crippen LogP contribution in [0.5, 0.6) is 11.5 Å². The highest BCUT2D eigenvalue weighted by atomic mass is 32.2. The Morgan fingerprint density at radius 1 is 1.17 bits per heavy atom. The number of carbonyl (C=O) groups excluding carboxylic acids is 3. The van der Waals surface area contributed by atoms with Crippen LogP contribution in [0, 0.1) is 0 Å². The van der Waals surface area contributed by atoms with Crippen molar-refractivity contribution in [1.82, 2.24) is 5.32 Å². The van der Waals surface area contributed by atoms with E-state index in [0.717, 1.165) is 29.2 Å². The summed E-state index contributed by atoms with van der Waals surface area (Å²) in [6, 6.07) is 12.1. The van der Waals surface area contributed by atoms with Crippen molar-refractivity contribution in [3.63, 3.8) is 0 Å². The molecular weight excluding hydrogens is 472 g/mol. The van der Waals surface area contributed by atoms with E-state index in [0.29, 0.717) is 22.8 Å². The number of anilines is 1. The summed E-state index contributed by atoms with van der Waals surface area (Å²) in [4.78, 5) is 36.1. The molecule has 0 radical (unpaired) electrons. The summed E-state index contributed by atoms with van der Waals surface area (Å²) in [5, 5.41) is 13.5. The summed E-state index contributed by atoms with van der Waals surface area (Å²) >= 11 is 1.17. The predicted octanol–water partition coefficient (Wildman–Crippen LogP) is 3.13. The monoisotopic (exact) mass is 496 g/mol. The maximum Gasteiger partial charge on any atom is 0.337 e. The van der Waals surface area contributed by atoms with E-state index in [-0.39, 0.29) is 25.0 Å². The Bertz CT molecular complexity index is 1200. The minimum Gasteiger partial charge on any atom is -0.465 e. The first-order chi connectivity index (χ1) is 16.9. The van der Waals surface area contributed by atoms with E-state index < -0.39 is 11.2 Å². The van der Waals surface area contributed by atoms with Gasteiger partial charge in [-0.15, -0.1) is 5.10 Å². The topological polar surface area (TPSA) is 128 Å². The fraction of sp³-hybridized carbons (Fsp3) is 0.292. The van der Waals surface area contributed by atoms with Crippen molar-refractivity contribution in [2.24, 2.45) is 10.2 Å². The van der Waals surface area contributed by atoms with Crippen LogP contribution < -0.4 is 20.1 Å². The average Bonchev–Trinajstić information content (AvgIpc) is 3.47. The zero-order valence-corrected chi connectivity index (χ0v) is 20.0. The van der Waals surface area contributed by atoms with Gasteiger partial charge in [-0.05, 0) is 61.7 Å². The summed E-state index contributed by atoms with van der Waals surface area (Å²) in [5.74, 6) is 0.417. The van der Waals surface area contributed by atoms with Gasteiger partial charge in [-0.25, -0.2) is 4.79 Å². The second-order valence-electron chi connectivity index (χ2n) is 7.85. The fourth-order valence-electron chi connectivity index (χ4n) is 3.38. The molecule has 182 valence electrons. The van der Waals surface area contributed by atoms with Crippen LogP contribution in [0.3, 0.4) is 0 Å². The minimum absolute atomic E-state index is 0.0267. The van der Waals surface area contributed by atoms with E-state index in [9.17, 15) is 14.4 Å². The SMILES string of the molecule is COC(=O)c1ccc(NC(=O)CC2S/C(=N\N=C(/C)CCc3ccc4c(c3)OCO4)NC2=O)cc1. The van der Waals surface area contributed by atoms with Crippen molar-refractivity contribution in [1.29, 1.82) is 0 Å². The average molecular weight is 497 g/mol. The summed E-state index contributed by atoms with van der Waals surface area (Å²) in [7, 11) is 1.30. The molecule has 0 spiro atoms. The van der Waals surface area contributed by atoms with Gasteiger partial charge in [0.1, 0.15) is 5.25 Å². The number of nitrogens with zero attached hydrogens (tertiary/aromatic N) is 2. The van der Waals surface area contributed by atoms with Crippen molar-refractivity contribution in [2.75, 3.05) is 19.2 Å². The molecule has 2 heterocycles. The molecule has 4 rings (SSSR count). The number of benzene rings is 2. The highest BCUT2D eigenvalue weighted by Gasteiger charge is 2.32. The van der Waals surface area contributed by atoms with Gasteiger partial charge in [-0.1, -0.05) is 17.8 Å². The third kappa shape index (κ3) is 6.38. The van der Waals surface area contributed by atoms with Crippen LogP contribution >= 0.6 is 11.8 Å². The van der Waals surface area contributed by atoms with E-state index in [4.69, 9.17) is 9.47 Å². The third-order valence-corrected chi connectivity index (χ3v) is 6.33. The molecule has 10 nitrogen and oxygen atoms in total. The van der Waals surface area contributed by atoms with Crippen molar-refractivity contribution in [2.45, 2.75) is 31.4 Å². The molecule has 0 aliphatic carbocycles. The third-order valence-electron chi connectivity index (χ3n) is 5.26. The lowest BCUT2D eigenvalue weighted by Gasteiger charge is -2.08. The number of esters is 1. The number of amides is 2. The number of amidine groups is 1. The van der Waals surface area contributed by atoms with Gasteiger partial charge >= 0.3 is 5.97 Å². The number of aryl methyl sites for hydroxylation is 1. The molecule has 1 saturated heterocycles. The summed E-state index contributed by atoms with van der Waals surface area (Å²) in [6.45, 7) is 2.11. The van der Waals surface area contributed by atoms with Crippen molar-refractivity contribution in [3.8, 4) is 11.5 Å². The van der Waals surface area contributed by atoms with Gasteiger partial charge in [0.2, 0.25) is 18.6 Å². The summed E-state index contributed by atoms with van der Waals surface area (Å²) < 4.78 is 15.4. The number of rotatable bonds is 8. The Hall–Kier alpha value is -3.86. The number of nitrogens with one attached hydrogen (secondary N) is 2. The Labute approximate surface area is 206 Å². The molecule has 1 fully saturated rings. The van der Waals surface area contributed by atoms with Crippen LogP contribution in [0.2, 0.25) is 0 Å². The number of carbonyl (C=O) groups is 3. The molecule has 11 heteroatoms. The number of fused-ring (bicyclic) bond motifs is 1. The van der Waals surface area contributed by atoms with E-state index in [1.54, 1.807) is 24.3 Å². The van der Waals surface area contributed by atoms with E-state index in [1.807, 2.05) is 25.1 Å². The highest BCUT2D eigenvalue weighted by molar-refractivity contribution is 8.15. The van der Waals surface area contributed by atoms with Gasteiger partial charge in [0.15, 0.2) is 16.7 Å². The molecule has 2 N–H and O–H groups in total. The normalized spacial score (nSPS) is 17.9. The first-order valence-corrected chi connectivity index (χ1v) is 11.7. The number of hydrogen-bond donors (Lipinski definition) is 2. The minimum atomic E-state index is -0.604. The van der Waals surface area contributed by atoms with Crippen molar-refractivity contribution < 1.29 is 28.6 Å². The van der Waals surface area contributed by atoms with Crippen LogP contribution in [0.1, 0.15) is 35.7 Å². The van der Waals surface area contributed by atoms with Gasteiger partial charge in [0.05, 0.1) is 12.7 Å². The first kappa shape index (κ1) is 24.3. The quantitative estimate of drug-likeness (QED) is 0.326. The zero-order valence-electron chi connectivity index (χ0n) is 19.2. The van der Waals surface area contributed by atoms with Crippen LogP contribution in [0.25, 0.3) is 0 Å². The Balaban J connectivity index is 1.25. The molecular formula is C24H24N4O6S. The van der Waals surface area contributed by atoms with Gasteiger partial charge < -0.3 is 24.8 Å². The van der Waals surface area contributed by atoms with Crippen LogP contribution in [0.15, 0.2) is 52.7 Å². The van der Waals surface area contributed by atoms with Gasteiger partial charge in [0.25, 0.3) is 0 Å². The second kappa shape index (κ2) is 11.0. The first-order valence-electron chi connectivity index (χ1n) is 10.9. The van der Waals surface area contributed by atoms with Crippen molar-refractivity contribution >= 4 is 46.1 Å². The lowest BCUT2D eigenvalue weighted by Crippen LogP contribution is -2.28. The maximum atomic E-state index is 12.4. The smallest absolute Gasteiger partial charge is 0.337 e. The van der Waals surface area contributed by atoms with E-state index >= 15 is 0 Å². The van der Waals surface area contributed by atoms with Crippen LogP contribution in [-0.2, 0) is 20.7 Å². The zero-order chi connectivity index (χ0) is 24.8.